The molecule has 0 aliphatic heterocycles. The van der Waals surface area contributed by atoms with Crippen LogP contribution in [0.15, 0.2) is 30.5 Å². The van der Waals surface area contributed by atoms with Gasteiger partial charge in [0.15, 0.2) is 0 Å². The molecule has 3 nitrogen and oxygen atoms in total. The lowest BCUT2D eigenvalue weighted by atomic mass is 10.1. The maximum absolute atomic E-state index is 3.55. The minimum atomic E-state index is 0.0414. The van der Waals surface area contributed by atoms with Crippen LogP contribution in [-0.2, 0) is 0 Å². The molecule has 0 unspecified atom stereocenters. The maximum atomic E-state index is 3.55. The Morgan fingerprint density at radius 1 is 1.25 bits per heavy atom. The predicted molar refractivity (Wildman–Crippen MR) is 69.9 cm³/mol. The largest absolute Gasteiger partial charge is 0.377 e. The molecule has 0 saturated heterocycles. The fourth-order valence-corrected chi connectivity index (χ4v) is 2.03. The van der Waals surface area contributed by atoms with Gasteiger partial charge in [0, 0.05) is 29.2 Å². The maximum Gasteiger partial charge on any atom is 0.0602 e. The summed E-state index contributed by atoms with van der Waals surface area (Å²) in [7, 11) is 1.97. The number of anilines is 1. The van der Waals surface area contributed by atoms with Crippen LogP contribution in [0.1, 0.15) is 13.8 Å². The number of aromatic nitrogens is 1. The fourth-order valence-electron chi connectivity index (χ4n) is 2.03. The van der Waals surface area contributed by atoms with Crippen molar-refractivity contribution in [3.8, 4) is 0 Å². The second-order valence-corrected chi connectivity index (χ2v) is 4.79. The second-order valence-electron chi connectivity index (χ2n) is 4.79. The first-order chi connectivity index (χ1) is 7.62. The second kappa shape index (κ2) is 4.18. The van der Waals surface area contributed by atoms with Gasteiger partial charge in [0.05, 0.1) is 5.69 Å². The number of likely N-dealkylation sites (N-methyl/N-ethyl adjacent to an activating group) is 1. The lowest BCUT2D eigenvalue weighted by Gasteiger charge is -2.26. The lowest BCUT2D eigenvalue weighted by molar-refractivity contribution is 0.531. The molecular weight excluding hydrogens is 198 g/mol. The first-order valence-electron chi connectivity index (χ1n) is 5.61. The zero-order chi connectivity index (χ0) is 11.6. The number of hydrogen-bond acceptors (Lipinski definition) is 2. The summed E-state index contributed by atoms with van der Waals surface area (Å²) >= 11 is 0. The van der Waals surface area contributed by atoms with Crippen LogP contribution < -0.4 is 10.6 Å². The van der Waals surface area contributed by atoms with E-state index < -0.39 is 0 Å². The van der Waals surface area contributed by atoms with E-state index in [1.54, 1.807) is 0 Å². The highest BCUT2D eigenvalue weighted by Gasteiger charge is 2.17. The van der Waals surface area contributed by atoms with Crippen molar-refractivity contribution in [2.24, 2.45) is 0 Å². The van der Waals surface area contributed by atoms with Crippen molar-refractivity contribution < 1.29 is 0 Å². The third-order valence-electron chi connectivity index (χ3n) is 2.68. The third kappa shape index (κ3) is 2.19. The number of rotatable bonds is 4. The molecule has 3 N–H and O–H groups in total. The summed E-state index contributed by atoms with van der Waals surface area (Å²) < 4.78 is 0. The SMILES string of the molecule is CNCC(C)(C)Nc1c[nH]c2ccccc12. The van der Waals surface area contributed by atoms with Crippen molar-refractivity contribution in [2.45, 2.75) is 19.4 Å². The van der Waals surface area contributed by atoms with E-state index in [0.717, 1.165) is 12.2 Å². The molecule has 1 aromatic heterocycles. The minimum Gasteiger partial charge on any atom is -0.377 e. The average molecular weight is 217 g/mol. The normalized spacial score (nSPS) is 11.9. The van der Waals surface area contributed by atoms with Gasteiger partial charge >= 0.3 is 0 Å². The summed E-state index contributed by atoms with van der Waals surface area (Å²) in [5.74, 6) is 0. The van der Waals surface area contributed by atoms with Crippen LogP contribution in [0.2, 0.25) is 0 Å². The zero-order valence-electron chi connectivity index (χ0n) is 10.1. The van der Waals surface area contributed by atoms with E-state index in [-0.39, 0.29) is 5.54 Å². The average Bonchev–Trinajstić information content (AvgIpc) is 2.61. The van der Waals surface area contributed by atoms with Gasteiger partial charge in [-0.2, -0.15) is 0 Å². The Labute approximate surface area is 96.2 Å². The molecule has 0 aliphatic carbocycles. The van der Waals surface area contributed by atoms with Gasteiger partial charge in [-0.25, -0.2) is 0 Å². The van der Waals surface area contributed by atoms with Gasteiger partial charge in [-0.15, -0.1) is 0 Å². The minimum absolute atomic E-state index is 0.0414. The van der Waals surface area contributed by atoms with Crippen molar-refractivity contribution in [1.29, 1.82) is 0 Å². The molecule has 0 radical (unpaired) electrons. The number of fused-ring (bicyclic) bond motifs is 1. The fraction of sp³-hybridized carbons (Fsp3) is 0.385. The van der Waals surface area contributed by atoms with E-state index in [0.29, 0.717) is 0 Å². The van der Waals surface area contributed by atoms with Crippen LogP contribution in [-0.4, -0.2) is 24.1 Å². The van der Waals surface area contributed by atoms with Crippen molar-refractivity contribution in [2.75, 3.05) is 18.9 Å². The third-order valence-corrected chi connectivity index (χ3v) is 2.68. The Balaban J connectivity index is 2.27. The molecule has 0 saturated carbocycles. The number of benzene rings is 1. The Morgan fingerprint density at radius 3 is 2.75 bits per heavy atom. The van der Waals surface area contributed by atoms with E-state index >= 15 is 0 Å². The number of para-hydroxylation sites is 1. The molecule has 0 bridgehead atoms. The summed E-state index contributed by atoms with van der Waals surface area (Å²) in [6.45, 7) is 5.29. The quantitative estimate of drug-likeness (QED) is 0.736. The molecule has 0 fully saturated rings. The van der Waals surface area contributed by atoms with Crippen molar-refractivity contribution in [3.05, 3.63) is 30.5 Å². The molecule has 3 heteroatoms. The standard InChI is InChI=1S/C13H19N3/c1-13(2,9-14-3)16-12-8-15-11-7-5-4-6-10(11)12/h4-8,14-16H,9H2,1-3H3. The predicted octanol–water partition coefficient (Wildman–Crippen LogP) is 2.58. The highest BCUT2D eigenvalue weighted by molar-refractivity contribution is 5.92. The number of nitrogens with one attached hydrogen (secondary N) is 3. The number of aromatic amines is 1. The molecular formula is C13H19N3. The molecule has 86 valence electrons. The van der Waals surface area contributed by atoms with Gasteiger partial charge < -0.3 is 15.6 Å². The molecule has 2 rings (SSSR count). The molecule has 1 aromatic carbocycles. The molecule has 16 heavy (non-hydrogen) atoms. The first kappa shape index (κ1) is 11.0. The van der Waals surface area contributed by atoms with E-state index in [2.05, 4.69) is 47.7 Å². The van der Waals surface area contributed by atoms with E-state index in [1.165, 1.54) is 10.9 Å². The lowest BCUT2D eigenvalue weighted by Crippen LogP contribution is -2.40. The molecule has 0 spiro atoms. The molecule has 0 atom stereocenters. The van der Waals surface area contributed by atoms with Gasteiger partial charge in [-0.05, 0) is 27.0 Å². The van der Waals surface area contributed by atoms with Crippen LogP contribution in [0, 0.1) is 0 Å². The number of hydrogen-bond donors (Lipinski definition) is 3. The monoisotopic (exact) mass is 217 g/mol. The van der Waals surface area contributed by atoms with Gasteiger partial charge in [0.2, 0.25) is 0 Å². The van der Waals surface area contributed by atoms with Crippen molar-refractivity contribution in [3.63, 3.8) is 0 Å². The van der Waals surface area contributed by atoms with Crippen LogP contribution in [0.5, 0.6) is 0 Å². The highest BCUT2D eigenvalue weighted by atomic mass is 15.0. The highest BCUT2D eigenvalue weighted by Crippen LogP contribution is 2.25. The summed E-state index contributed by atoms with van der Waals surface area (Å²) in [5.41, 5.74) is 2.38. The molecule has 1 heterocycles. The van der Waals surface area contributed by atoms with E-state index in [1.807, 2.05) is 19.3 Å². The van der Waals surface area contributed by atoms with Crippen LogP contribution in [0.4, 0.5) is 5.69 Å². The van der Waals surface area contributed by atoms with E-state index in [4.69, 9.17) is 0 Å². The van der Waals surface area contributed by atoms with Gasteiger partial charge in [0.1, 0.15) is 0 Å². The summed E-state index contributed by atoms with van der Waals surface area (Å²) in [6.07, 6.45) is 2.03. The molecule has 0 amide bonds. The molecule has 2 aromatic rings. The van der Waals surface area contributed by atoms with E-state index in [9.17, 15) is 0 Å². The Morgan fingerprint density at radius 2 is 2.00 bits per heavy atom. The van der Waals surface area contributed by atoms with Crippen LogP contribution in [0.25, 0.3) is 10.9 Å². The Hall–Kier alpha value is -1.48. The summed E-state index contributed by atoms with van der Waals surface area (Å²) in [5, 5.41) is 7.99. The van der Waals surface area contributed by atoms with Crippen LogP contribution >= 0.6 is 0 Å². The van der Waals surface area contributed by atoms with Crippen molar-refractivity contribution in [1.82, 2.24) is 10.3 Å². The smallest absolute Gasteiger partial charge is 0.0602 e. The Kier molecular flexibility index (Phi) is 2.88. The van der Waals surface area contributed by atoms with Crippen LogP contribution in [0.3, 0.4) is 0 Å². The summed E-state index contributed by atoms with van der Waals surface area (Å²) in [6, 6.07) is 8.32. The zero-order valence-corrected chi connectivity index (χ0v) is 10.1. The van der Waals surface area contributed by atoms with Gasteiger partial charge in [-0.3, -0.25) is 0 Å². The first-order valence-corrected chi connectivity index (χ1v) is 5.61. The number of H-pyrrole nitrogens is 1. The van der Waals surface area contributed by atoms with Crippen molar-refractivity contribution >= 4 is 16.6 Å². The topological polar surface area (TPSA) is 39.8 Å². The van der Waals surface area contributed by atoms with Gasteiger partial charge in [-0.1, -0.05) is 18.2 Å². The Bertz CT molecular complexity index is 471. The molecule has 0 aliphatic rings. The van der Waals surface area contributed by atoms with Gasteiger partial charge in [0.25, 0.3) is 0 Å². The summed E-state index contributed by atoms with van der Waals surface area (Å²) in [4.78, 5) is 3.27.